The molecular weight excluding hydrogens is 348 g/mol. The largest absolute Gasteiger partial charge is 0.497 e. The Labute approximate surface area is 146 Å². The standard InChI is InChI=1S/C16H20N2O6S/c1-22-12-6-7-15(23-2)14(9-12)18(25(3,20)21)11-16(19)17-10-13-5-4-8-24-13/h4-9H,10-11H2,1-3H3,(H,17,19). The number of hydrogen-bond donors (Lipinski definition) is 1. The van der Waals surface area contributed by atoms with Gasteiger partial charge < -0.3 is 19.2 Å². The molecule has 1 N–H and O–H groups in total. The van der Waals surface area contributed by atoms with Crippen LogP contribution in [0.25, 0.3) is 0 Å². The van der Waals surface area contributed by atoms with E-state index in [1.807, 2.05) is 0 Å². The molecule has 0 atom stereocenters. The van der Waals surface area contributed by atoms with Crippen molar-refractivity contribution in [3.05, 3.63) is 42.4 Å². The summed E-state index contributed by atoms with van der Waals surface area (Å²) < 4.78 is 40.8. The van der Waals surface area contributed by atoms with Crippen molar-refractivity contribution >= 4 is 21.6 Å². The Morgan fingerprint density at radius 3 is 2.56 bits per heavy atom. The highest BCUT2D eigenvalue weighted by Crippen LogP contribution is 2.33. The molecule has 0 aliphatic heterocycles. The van der Waals surface area contributed by atoms with E-state index in [0.717, 1.165) is 10.6 Å². The van der Waals surface area contributed by atoms with E-state index in [4.69, 9.17) is 13.9 Å². The summed E-state index contributed by atoms with van der Waals surface area (Å²) in [6.45, 7) is -0.234. The van der Waals surface area contributed by atoms with Crippen LogP contribution in [0.4, 0.5) is 5.69 Å². The van der Waals surface area contributed by atoms with Crippen molar-refractivity contribution in [1.29, 1.82) is 0 Å². The number of nitrogens with one attached hydrogen (secondary N) is 1. The maximum absolute atomic E-state index is 12.2. The molecule has 2 aromatic rings. The topological polar surface area (TPSA) is 98.1 Å². The van der Waals surface area contributed by atoms with Gasteiger partial charge in [-0.25, -0.2) is 8.42 Å². The molecule has 0 bridgehead atoms. The Kier molecular flexibility index (Phi) is 5.92. The maximum atomic E-state index is 12.2. The molecule has 0 unspecified atom stereocenters. The number of carbonyl (C=O) groups is 1. The predicted octanol–water partition coefficient (Wildman–Crippen LogP) is 1.38. The van der Waals surface area contributed by atoms with Crippen molar-refractivity contribution in [2.75, 3.05) is 31.3 Å². The van der Waals surface area contributed by atoms with E-state index in [1.165, 1.54) is 26.5 Å². The molecule has 25 heavy (non-hydrogen) atoms. The number of benzene rings is 1. The summed E-state index contributed by atoms with van der Waals surface area (Å²) in [5.41, 5.74) is 0.220. The zero-order chi connectivity index (χ0) is 18.4. The van der Waals surface area contributed by atoms with Crippen molar-refractivity contribution in [3.63, 3.8) is 0 Å². The van der Waals surface area contributed by atoms with E-state index in [9.17, 15) is 13.2 Å². The van der Waals surface area contributed by atoms with Crippen molar-refractivity contribution in [1.82, 2.24) is 5.32 Å². The average Bonchev–Trinajstić information content (AvgIpc) is 3.09. The molecule has 1 amide bonds. The number of furan rings is 1. The van der Waals surface area contributed by atoms with Crippen LogP contribution < -0.4 is 19.1 Å². The first-order valence-corrected chi connectivity index (χ1v) is 9.19. The summed E-state index contributed by atoms with van der Waals surface area (Å²) >= 11 is 0. The molecule has 0 saturated heterocycles. The van der Waals surface area contributed by atoms with Crippen molar-refractivity contribution in [3.8, 4) is 11.5 Å². The fourth-order valence-corrected chi connectivity index (χ4v) is 3.01. The third-order valence-corrected chi connectivity index (χ3v) is 4.51. The molecule has 0 fully saturated rings. The second-order valence-corrected chi connectivity index (χ2v) is 7.07. The Morgan fingerprint density at radius 1 is 1.24 bits per heavy atom. The first-order chi connectivity index (χ1) is 11.8. The molecule has 0 radical (unpaired) electrons. The number of nitrogens with zero attached hydrogens (tertiary/aromatic N) is 1. The van der Waals surface area contributed by atoms with E-state index >= 15 is 0 Å². The fraction of sp³-hybridized carbons (Fsp3) is 0.312. The summed E-state index contributed by atoms with van der Waals surface area (Å²) in [5, 5.41) is 2.61. The van der Waals surface area contributed by atoms with Crippen LogP contribution in [-0.4, -0.2) is 41.3 Å². The van der Waals surface area contributed by atoms with Crippen LogP contribution in [0.1, 0.15) is 5.76 Å². The van der Waals surface area contributed by atoms with Crippen LogP contribution >= 0.6 is 0 Å². The van der Waals surface area contributed by atoms with Gasteiger partial charge >= 0.3 is 0 Å². The molecule has 0 aliphatic rings. The lowest BCUT2D eigenvalue weighted by atomic mass is 10.2. The highest BCUT2D eigenvalue weighted by molar-refractivity contribution is 7.92. The average molecular weight is 368 g/mol. The predicted molar refractivity (Wildman–Crippen MR) is 92.3 cm³/mol. The van der Waals surface area contributed by atoms with Crippen LogP contribution in [0.5, 0.6) is 11.5 Å². The fourth-order valence-electron chi connectivity index (χ4n) is 2.16. The molecule has 0 spiro atoms. The smallest absolute Gasteiger partial charge is 0.241 e. The van der Waals surface area contributed by atoms with Crippen molar-refractivity contribution < 1.29 is 27.1 Å². The molecule has 1 heterocycles. The minimum Gasteiger partial charge on any atom is -0.497 e. The second kappa shape index (κ2) is 7.93. The molecule has 136 valence electrons. The van der Waals surface area contributed by atoms with Gasteiger partial charge in [0.1, 0.15) is 23.8 Å². The Balaban J connectivity index is 2.23. The molecule has 0 aliphatic carbocycles. The first kappa shape index (κ1) is 18.7. The second-order valence-electron chi connectivity index (χ2n) is 5.16. The molecular formula is C16H20N2O6S. The number of sulfonamides is 1. The van der Waals surface area contributed by atoms with Crippen LogP contribution in [0.3, 0.4) is 0 Å². The summed E-state index contributed by atoms with van der Waals surface area (Å²) in [5.74, 6) is 0.843. The summed E-state index contributed by atoms with van der Waals surface area (Å²) in [6, 6.07) is 8.12. The van der Waals surface area contributed by atoms with Gasteiger partial charge in [0, 0.05) is 6.07 Å². The molecule has 1 aromatic carbocycles. The van der Waals surface area contributed by atoms with E-state index in [0.29, 0.717) is 17.3 Å². The van der Waals surface area contributed by atoms with Crippen molar-refractivity contribution in [2.24, 2.45) is 0 Å². The Hall–Kier alpha value is -2.68. The number of methoxy groups -OCH3 is 2. The zero-order valence-electron chi connectivity index (χ0n) is 14.2. The highest BCUT2D eigenvalue weighted by Gasteiger charge is 2.24. The van der Waals surface area contributed by atoms with Crippen LogP contribution in [0.15, 0.2) is 41.0 Å². The number of carbonyl (C=O) groups excluding carboxylic acids is 1. The summed E-state index contributed by atoms with van der Waals surface area (Å²) in [4.78, 5) is 12.2. The normalized spacial score (nSPS) is 11.0. The molecule has 1 aromatic heterocycles. The molecule has 0 saturated carbocycles. The maximum Gasteiger partial charge on any atom is 0.241 e. The van der Waals surface area contributed by atoms with Crippen LogP contribution in [-0.2, 0) is 21.4 Å². The highest BCUT2D eigenvalue weighted by atomic mass is 32.2. The van der Waals surface area contributed by atoms with E-state index in [1.54, 1.807) is 24.3 Å². The Morgan fingerprint density at radius 2 is 2.00 bits per heavy atom. The van der Waals surface area contributed by atoms with Gasteiger partial charge in [0.25, 0.3) is 0 Å². The Bertz CT molecular complexity index is 817. The minimum atomic E-state index is -3.73. The molecule has 2 rings (SSSR count). The van der Waals surface area contributed by atoms with Gasteiger partial charge in [-0.3, -0.25) is 9.10 Å². The molecule has 8 nitrogen and oxygen atoms in total. The first-order valence-electron chi connectivity index (χ1n) is 7.34. The van der Waals surface area contributed by atoms with Gasteiger partial charge in [0.05, 0.1) is 39.0 Å². The minimum absolute atomic E-state index is 0.165. The van der Waals surface area contributed by atoms with Gasteiger partial charge in [0.2, 0.25) is 15.9 Å². The summed E-state index contributed by atoms with van der Waals surface area (Å²) in [6.07, 6.45) is 2.51. The molecule has 9 heteroatoms. The SMILES string of the molecule is COc1ccc(OC)c(N(CC(=O)NCc2ccco2)S(C)(=O)=O)c1. The summed E-state index contributed by atoms with van der Waals surface area (Å²) in [7, 11) is -0.845. The third-order valence-electron chi connectivity index (χ3n) is 3.38. The number of anilines is 1. The van der Waals surface area contributed by atoms with Gasteiger partial charge in [-0.05, 0) is 24.3 Å². The van der Waals surface area contributed by atoms with Crippen LogP contribution in [0.2, 0.25) is 0 Å². The quantitative estimate of drug-likeness (QED) is 0.756. The van der Waals surface area contributed by atoms with Gasteiger partial charge in [-0.2, -0.15) is 0 Å². The van der Waals surface area contributed by atoms with Crippen molar-refractivity contribution in [2.45, 2.75) is 6.54 Å². The number of hydrogen-bond acceptors (Lipinski definition) is 6. The number of amides is 1. The van der Waals surface area contributed by atoms with E-state index < -0.39 is 22.5 Å². The van der Waals surface area contributed by atoms with E-state index in [2.05, 4.69) is 5.32 Å². The third kappa shape index (κ3) is 4.90. The van der Waals surface area contributed by atoms with Gasteiger partial charge in [-0.15, -0.1) is 0 Å². The monoisotopic (exact) mass is 368 g/mol. The number of ether oxygens (including phenoxy) is 2. The number of rotatable bonds is 8. The lowest BCUT2D eigenvalue weighted by Crippen LogP contribution is -2.40. The van der Waals surface area contributed by atoms with Gasteiger partial charge in [-0.1, -0.05) is 0 Å². The lowest BCUT2D eigenvalue weighted by Gasteiger charge is -2.24. The van der Waals surface area contributed by atoms with Crippen LogP contribution in [0, 0.1) is 0 Å². The van der Waals surface area contributed by atoms with Gasteiger partial charge in [0.15, 0.2) is 0 Å². The van der Waals surface area contributed by atoms with E-state index in [-0.39, 0.29) is 12.2 Å². The lowest BCUT2D eigenvalue weighted by molar-refractivity contribution is -0.119. The zero-order valence-corrected chi connectivity index (χ0v) is 15.0.